The summed E-state index contributed by atoms with van der Waals surface area (Å²) in [5.74, 6) is -1.54. The molecular formula is C18H16N2O6. The number of ketones is 2. The van der Waals surface area contributed by atoms with Crippen LogP contribution in [0.2, 0.25) is 0 Å². The number of benzene rings is 2. The van der Waals surface area contributed by atoms with Crippen molar-refractivity contribution in [3.05, 3.63) is 59.2 Å². The summed E-state index contributed by atoms with van der Waals surface area (Å²) < 4.78 is 10.1. The summed E-state index contributed by atoms with van der Waals surface area (Å²) in [6, 6.07) is 10.5. The Morgan fingerprint density at radius 3 is 2.31 bits per heavy atom. The van der Waals surface area contributed by atoms with Crippen LogP contribution in [-0.4, -0.2) is 42.5 Å². The molecule has 0 aromatic heterocycles. The average molecular weight is 356 g/mol. The number of Topliss-reactive ketones (excluding diaryl/α,β-unsaturated/α-hetero) is 2. The molecule has 8 nitrogen and oxygen atoms in total. The second-order valence-corrected chi connectivity index (χ2v) is 5.59. The number of methoxy groups -OCH3 is 2. The van der Waals surface area contributed by atoms with Crippen LogP contribution in [0.3, 0.4) is 0 Å². The molecule has 0 aliphatic heterocycles. The third kappa shape index (κ3) is 2.81. The molecule has 1 amide bonds. The Hall–Kier alpha value is -3.23. The topological polar surface area (TPSA) is 114 Å². The van der Waals surface area contributed by atoms with E-state index in [0.29, 0.717) is 11.5 Å². The number of rotatable bonds is 5. The van der Waals surface area contributed by atoms with Crippen LogP contribution in [0.1, 0.15) is 31.1 Å². The Bertz CT molecular complexity index is 910. The van der Waals surface area contributed by atoms with Crippen molar-refractivity contribution in [2.75, 3.05) is 14.2 Å². The number of nitrogens with one attached hydrogen (secondary N) is 2. The minimum absolute atomic E-state index is 0.0139. The van der Waals surface area contributed by atoms with E-state index in [1.165, 1.54) is 44.6 Å². The third-order valence-corrected chi connectivity index (χ3v) is 4.06. The molecule has 2 aromatic carbocycles. The fourth-order valence-electron chi connectivity index (χ4n) is 2.63. The summed E-state index contributed by atoms with van der Waals surface area (Å²) in [6.07, 6.45) is 0. The van der Waals surface area contributed by atoms with Gasteiger partial charge in [-0.25, -0.2) is 0 Å². The lowest BCUT2D eigenvalue weighted by atomic mass is 10.1. The Morgan fingerprint density at radius 2 is 1.62 bits per heavy atom. The molecule has 0 saturated heterocycles. The molecule has 1 aliphatic rings. The van der Waals surface area contributed by atoms with Gasteiger partial charge in [-0.2, -0.15) is 5.43 Å². The van der Waals surface area contributed by atoms with Crippen molar-refractivity contribution < 1.29 is 29.0 Å². The number of carbonyl (C=O) groups excluding carboxylic acids is 3. The number of hydrazine groups is 1. The van der Waals surface area contributed by atoms with Crippen LogP contribution in [0, 0.1) is 0 Å². The predicted octanol–water partition coefficient (Wildman–Crippen LogP) is 0.706. The van der Waals surface area contributed by atoms with E-state index in [-0.39, 0.29) is 16.7 Å². The van der Waals surface area contributed by atoms with Crippen molar-refractivity contribution >= 4 is 17.5 Å². The first-order chi connectivity index (χ1) is 12.4. The second kappa shape index (κ2) is 6.58. The highest BCUT2D eigenvalue weighted by atomic mass is 16.5. The molecule has 1 unspecified atom stereocenters. The fraction of sp³-hybridized carbons (Fsp3) is 0.167. The fourth-order valence-corrected chi connectivity index (χ4v) is 2.63. The largest absolute Gasteiger partial charge is 0.497 e. The van der Waals surface area contributed by atoms with Crippen LogP contribution in [-0.2, 0) is 0 Å². The number of amides is 1. The van der Waals surface area contributed by atoms with Crippen molar-refractivity contribution in [3.63, 3.8) is 0 Å². The first-order valence-electron chi connectivity index (χ1n) is 7.62. The highest BCUT2D eigenvalue weighted by Crippen LogP contribution is 2.31. The lowest BCUT2D eigenvalue weighted by molar-refractivity contribution is 0.0138. The highest BCUT2D eigenvalue weighted by Gasteiger charge is 2.52. The SMILES string of the molecule is COc1cccc(C(=O)NNC2(O)C(=O)c3ccc(OC)cc3C2=O)c1. The van der Waals surface area contributed by atoms with Gasteiger partial charge in [0.1, 0.15) is 11.5 Å². The van der Waals surface area contributed by atoms with Gasteiger partial charge in [0, 0.05) is 16.7 Å². The number of aliphatic hydroxyl groups is 1. The normalized spacial score (nSPS) is 18.4. The summed E-state index contributed by atoms with van der Waals surface area (Å²) >= 11 is 0. The van der Waals surface area contributed by atoms with Gasteiger partial charge in [0.2, 0.25) is 11.6 Å². The van der Waals surface area contributed by atoms with Gasteiger partial charge < -0.3 is 14.6 Å². The van der Waals surface area contributed by atoms with Crippen LogP contribution in [0.15, 0.2) is 42.5 Å². The molecule has 2 aromatic rings. The summed E-state index contributed by atoms with van der Waals surface area (Å²) in [7, 11) is 2.88. The molecule has 0 heterocycles. The maximum Gasteiger partial charge on any atom is 0.265 e. The Kier molecular flexibility index (Phi) is 4.45. The van der Waals surface area contributed by atoms with E-state index in [2.05, 4.69) is 10.9 Å². The van der Waals surface area contributed by atoms with E-state index in [0.717, 1.165) is 0 Å². The van der Waals surface area contributed by atoms with Crippen molar-refractivity contribution in [3.8, 4) is 11.5 Å². The van der Waals surface area contributed by atoms with Crippen LogP contribution in [0.25, 0.3) is 0 Å². The zero-order valence-electron chi connectivity index (χ0n) is 14.0. The maximum absolute atomic E-state index is 12.5. The average Bonchev–Trinajstić information content (AvgIpc) is 2.87. The molecular weight excluding hydrogens is 340 g/mol. The number of hydrogen-bond acceptors (Lipinski definition) is 7. The molecule has 26 heavy (non-hydrogen) atoms. The minimum Gasteiger partial charge on any atom is -0.497 e. The van der Waals surface area contributed by atoms with Gasteiger partial charge in [0.15, 0.2) is 0 Å². The van der Waals surface area contributed by atoms with Gasteiger partial charge >= 0.3 is 0 Å². The number of hydrogen-bond donors (Lipinski definition) is 3. The zero-order chi connectivity index (χ0) is 18.9. The van der Waals surface area contributed by atoms with Gasteiger partial charge in [0.05, 0.1) is 14.2 Å². The van der Waals surface area contributed by atoms with Gasteiger partial charge in [0.25, 0.3) is 11.6 Å². The molecule has 3 N–H and O–H groups in total. The quantitative estimate of drug-likeness (QED) is 0.411. The molecule has 0 spiro atoms. The molecule has 0 fully saturated rings. The molecule has 0 bridgehead atoms. The van der Waals surface area contributed by atoms with E-state index >= 15 is 0 Å². The van der Waals surface area contributed by atoms with E-state index < -0.39 is 23.2 Å². The van der Waals surface area contributed by atoms with Crippen molar-refractivity contribution in [1.29, 1.82) is 0 Å². The smallest absolute Gasteiger partial charge is 0.265 e. The lowest BCUT2D eigenvalue weighted by Crippen LogP contribution is -2.61. The maximum atomic E-state index is 12.5. The summed E-state index contributed by atoms with van der Waals surface area (Å²) in [5, 5.41) is 10.5. The van der Waals surface area contributed by atoms with Crippen molar-refractivity contribution in [2.45, 2.75) is 5.72 Å². The van der Waals surface area contributed by atoms with E-state index in [1.54, 1.807) is 12.1 Å². The summed E-state index contributed by atoms with van der Waals surface area (Å²) in [6.45, 7) is 0. The standard InChI is InChI=1S/C18H16N2O6/c1-25-11-5-3-4-10(8-11)17(23)19-20-18(24)15(21)13-7-6-12(26-2)9-14(13)16(18)22/h3-9,20,24H,1-2H3,(H,19,23). The van der Waals surface area contributed by atoms with Crippen LogP contribution >= 0.6 is 0 Å². The Morgan fingerprint density at radius 1 is 0.962 bits per heavy atom. The number of fused-ring (bicyclic) bond motifs is 1. The molecule has 134 valence electrons. The van der Waals surface area contributed by atoms with Crippen molar-refractivity contribution in [1.82, 2.24) is 10.9 Å². The van der Waals surface area contributed by atoms with E-state index in [1.807, 2.05) is 0 Å². The number of ether oxygens (including phenoxy) is 2. The van der Waals surface area contributed by atoms with Gasteiger partial charge in [-0.15, -0.1) is 0 Å². The van der Waals surface area contributed by atoms with Crippen LogP contribution in [0.5, 0.6) is 11.5 Å². The van der Waals surface area contributed by atoms with Crippen LogP contribution < -0.4 is 20.3 Å². The second-order valence-electron chi connectivity index (χ2n) is 5.59. The molecule has 1 atom stereocenters. The summed E-state index contributed by atoms with van der Waals surface area (Å²) in [5.41, 5.74) is 2.04. The predicted molar refractivity (Wildman–Crippen MR) is 90.2 cm³/mol. The first kappa shape index (κ1) is 17.6. The zero-order valence-corrected chi connectivity index (χ0v) is 14.0. The van der Waals surface area contributed by atoms with Gasteiger partial charge in [-0.1, -0.05) is 6.07 Å². The van der Waals surface area contributed by atoms with E-state index in [9.17, 15) is 19.5 Å². The van der Waals surface area contributed by atoms with Crippen LogP contribution in [0.4, 0.5) is 0 Å². The molecule has 0 radical (unpaired) electrons. The molecule has 3 rings (SSSR count). The van der Waals surface area contributed by atoms with Gasteiger partial charge in [-0.05, 0) is 36.4 Å². The first-order valence-corrected chi connectivity index (χ1v) is 7.62. The Balaban J connectivity index is 1.80. The third-order valence-electron chi connectivity index (χ3n) is 4.06. The van der Waals surface area contributed by atoms with Crippen molar-refractivity contribution in [2.24, 2.45) is 0 Å². The minimum atomic E-state index is -2.58. The molecule has 0 saturated carbocycles. The van der Waals surface area contributed by atoms with Gasteiger partial charge in [-0.3, -0.25) is 19.8 Å². The lowest BCUT2D eigenvalue weighted by Gasteiger charge is -2.21. The Labute approximate surface area is 148 Å². The number of carbonyl (C=O) groups is 3. The molecule has 1 aliphatic carbocycles. The monoisotopic (exact) mass is 356 g/mol. The highest BCUT2D eigenvalue weighted by molar-refractivity contribution is 6.31. The summed E-state index contributed by atoms with van der Waals surface area (Å²) in [4.78, 5) is 37.1. The van der Waals surface area contributed by atoms with E-state index in [4.69, 9.17) is 9.47 Å². The molecule has 8 heteroatoms.